The molecule has 4 aromatic rings. The van der Waals surface area contributed by atoms with Crippen molar-refractivity contribution in [2.24, 2.45) is 0 Å². The third-order valence-corrected chi connectivity index (χ3v) is 5.19. The van der Waals surface area contributed by atoms with Gasteiger partial charge < -0.3 is 19.6 Å². The van der Waals surface area contributed by atoms with Gasteiger partial charge in [-0.05, 0) is 29.8 Å². The molecule has 0 aliphatic carbocycles. The summed E-state index contributed by atoms with van der Waals surface area (Å²) in [6.45, 7) is 6.12. The highest BCUT2D eigenvalue weighted by atomic mass is 16.2. The van der Waals surface area contributed by atoms with E-state index in [1.165, 1.54) is 6.92 Å². The van der Waals surface area contributed by atoms with E-state index in [-0.39, 0.29) is 17.2 Å². The Morgan fingerprint density at radius 2 is 1.84 bits per heavy atom. The van der Waals surface area contributed by atoms with E-state index in [9.17, 15) is 9.59 Å². The number of pyridine rings is 1. The van der Waals surface area contributed by atoms with Crippen molar-refractivity contribution in [2.45, 2.75) is 26.2 Å². The number of carbonyl (C=O) groups excluding carboxylic acids is 2. The molecule has 0 aliphatic rings. The number of hydrogen-bond acceptors (Lipinski definition) is 4. The molecule has 1 aromatic carbocycles. The summed E-state index contributed by atoms with van der Waals surface area (Å²) in [7, 11) is 0. The maximum Gasteiger partial charge on any atom is 0.256 e. The minimum atomic E-state index is -0.241. The molecule has 0 bridgehead atoms. The van der Waals surface area contributed by atoms with E-state index in [2.05, 4.69) is 20.6 Å². The summed E-state index contributed by atoms with van der Waals surface area (Å²) in [5.41, 5.74) is 3.01. The molecule has 2 amide bonds. The molecule has 0 spiro atoms. The summed E-state index contributed by atoms with van der Waals surface area (Å²) in [5.74, 6) is 0.181. The molecule has 0 unspecified atom stereocenters. The molecule has 2 N–H and O–H groups in total. The highest BCUT2D eigenvalue weighted by Gasteiger charge is 2.21. The number of rotatable bonds is 6. The molecule has 31 heavy (non-hydrogen) atoms. The zero-order chi connectivity index (χ0) is 22.0. The number of hydrogen-bond donors (Lipinski definition) is 2. The summed E-state index contributed by atoms with van der Waals surface area (Å²) < 4.78 is 3.76. The number of benzene rings is 1. The highest BCUT2D eigenvalue weighted by molar-refractivity contribution is 6.03. The normalized spacial score (nSPS) is 11.5. The second-order valence-electron chi connectivity index (χ2n) is 8.07. The molecule has 3 heterocycles. The molecule has 0 saturated carbocycles. The summed E-state index contributed by atoms with van der Waals surface area (Å²) in [6.07, 6.45) is 9.00. The number of fused-ring (bicyclic) bond motifs is 1. The van der Waals surface area contributed by atoms with Crippen molar-refractivity contribution in [2.75, 3.05) is 11.9 Å². The fraction of sp³-hybridized carbons (Fsp3) is 0.217. The van der Waals surface area contributed by atoms with Crippen LogP contribution in [0.5, 0.6) is 0 Å². The van der Waals surface area contributed by atoms with Crippen LogP contribution < -0.4 is 10.6 Å². The molecule has 8 nitrogen and oxygen atoms in total. The van der Waals surface area contributed by atoms with E-state index in [0.717, 1.165) is 16.9 Å². The first kappa shape index (κ1) is 20.3. The van der Waals surface area contributed by atoms with Crippen LogP contribution in [0.3, 0.4) is 0 Å². The molecule has 4 rings (SSSR count). The molecule has 0 atom stereocenters. The smallest absolute Gasteiger partial charge is 0.256 e. The van der Waals surface area contributed by atoms with Gasteiger partial charge in [0.25, 0.3) is 5.91 Å². The van der Waals surface area contributed by atoms with Crippen molar-refractivity contribution in [1.29, 1.82) is 0 Å². The molecule has 0 saturated heterocycles. The van der Waals surface area contributed by atoms with Gasteiger partial charge >= 0.3 is 0 Å². The Hall–Kier alpha value is -3.94. The number of imidazole rings is 2. The van der Waals surface area contributed by atoms with Gasteiger partial charge in [0.1, 0.15) is 5.65 Å². The fourth-order valence-corrected chi connectivity index (χ4v) is 3.31. The van der Waals surface area contributed by atoms with Gasteiger partial charge in [0.2, 0.25) is 5.91 Å². The Kier molecular flexibility index (Phi) is 5.29. The maximum absolute atomic E-state index is 12.7. The minimum absolute atomic E-state index is 0.0614. The lowest BCUT2D eigenvalue weighted by Gasteiger charge is -2.25. The van der Waals surface area contributed by atoms with Crippen LogP contribution in [-0.4, -0.2) is 37.3 Å². The van der Waals surface area contributed by atoms with E-state index in [1.54, 1.807) is 30.9 Å². The summed E-state index contributed by atoms with van der Waals surface area (Å²) in [5, 5.41) is 5.70. The number of nitrogens with one attached hydrogen (secondary N) is 2. The van der Waals surface area contributed by atoms with Crippen molar-refractivity contribution in [3.05, 3.63) is 78.6 Å². The van der Waals surface area contributed by atoms with E-state index in [4.69, 9.17) is 0 Å². The molecule has 0 aliphatic heterocycles. The highest BCUT2D eigenvalue weighted by Crippen LogP contribution is 2.23. The van der Waals surface area contributed by atoms with Crippen molar-refractivity contribution in [1.82, 2.24) is 24.3 Å². The average molecular weight is 416 g/mol. The van der Waals surface area contributed by atoms with Crippen LogP contribution in [0.4, 0.5) is 5.82 Å². The molecule has 0 fully saturated rings. The van der Waals surface area contributed by atoms with E-state index < -0.39 is 0 Å². The summed E-state index contributed by atoms with van der Waals surface area (Å²) in [4.78, 5) is 32.4. The van der Waals surface area contributed by atoms with Gasteiger partial charge in [-0.1, -0.05) is 26.0 Å². The number of nitrogens with zero attached hydrogens (tertiary/aromatic N) is 4. The van der Waals surface area contributed by atoms with Gasteiger partial charge in [0.05, 0.1) is 18.2 Å². The van der Waals surface area contributed by atoms with Crippen LogP contribution >= 0.6 is 0 Å². The molecular weight excluding hydrogens is 392 g/mol. The first-order valence-corrected chi connectivity index (χ1v) is 9.95. The number of anilines is 1. The lowest BCUT2D eigenvalue weighted by Crippen LogP contribution is -2.35. The molecule has 3 aromatic heterocycles. The van der Waals surface area contributed by atoms with Crippen LogP contribution in [0, 0.1) is 0 Å². The van der Waals surface area contributed by atoms with E-state index >= 15 is 0 Å². The third kappa shape index (κ3) is 4.48. The second-order valence-corrected chi connectivity index (χ2v) is 8.07. The molecular formula is C23H24N6O2. The largest absolute Gasteiger partial charge is 0.355 e. The van der Waals surface area contributed by atoms with Crippen LogP contribution in [-0.2, 0) is 10.2 Å². The lowest BCUT2D eigenvalue weighted by atomic mass is 9.84. The Morgan fingerprint density at radius 3 is 2.52 bits per heavy atom. The Bertz CT molecular complexity index is 1220. The van der Waals surface area contributed by atoms with Gasteiger partial charge in [0.15, 0.2) is 5.82 Å². The van der Waals surface area contributed by atoms with E-state index in [1.807, 2.05) is 59.5 Å². The molecule has 8 heteroatoms. The van der Waals surface area contributed by atoms with Crippen LogP contribution in [0.15, 0.2) is 67.5 Å². The predicted molar refractivity (Wildman–Crippen MR) is 118 cm³/mol. The van der Waals surface area contributed by atoms with Gasteiger partial charge in [-0.2, -0.15) is 0 Å². The predicted octanol–water partition coefficient (Wildman–Crippen LogP) is 3.19. The zero-order valence-electron chi connectivity index (χ0n) is 17.7. The van der Waals surface area contributed by atoms with Gasteiger partial charge in [-0.15, -0.1) is 0 Å². The lowest BCUT2D eigenvalue weighted by molar-refractivity contribution is -0.119. The van der Waals surface area contributed by atoms with Crippen LogP contribution in [0.25, 0.3) is 11.3 Å². The first-order chi connectivity index (χ1) is 14.8. The fourth-order valence-electron chi connectivity index (χ4n) is 3.31. The Morgan fingerprint density at radius 1 is 1.06 bits per heavy atom. The van der Waals surface area contributed by atoms with Crippen molar-refractivity contribution < 1.29 is 9.59 Å². The van der Waals surface area contributed by atoms with Crippen LogP contribution in [0.1, 0.15) is 36.7 Å². The summed E-state index contributed by atoms with van der Waals surface area (Å²) >= 11 is 0. The number of carbonyl (C=O) groups is 2. The standard InChI is InChI=1S/C23H24N6O2/c1-16(30)25-14-23(2,3)18-6-4-17(5-7-18)22(31)27-20-13-29-12-19(8-9-21(29)26-20)28-11-10-24-15-28/h4-13,15H,14H2,1-3H3,(H,25,30)(H,27,31). The molecule has 158 valence electrons. The zero-order valence-corrected chi connectivity index (χ0v) is 17.7. The minimum Gasteiger partial charge on any atom is -0.355 e. The first-order valence-electron chi connectivity index (χ1n) is 9.95. The monoisotopic (exact) mass is 416 g/mol. The van der Waals surface area contributed by atoms with Crippen molar-refractivity contribution >= 4 is 23.3 Å². The van der Waals surface area contributed by atoms with E-state index in [0.29, 0.717) is 17.9 Å². The quantitative estimate of drug-likeness (QED) is 0.505. The Balaban J connectivity index is 1.47. The van der Waals surface area contributed by atoms with Gasteiger partial charge in [-0.3, -0.25) is 9.59 Å². The number of aromatic nitrogens is 4. The topological polar surface area (TPSA) is 93.3 Å². The third-order valence-electron chi connectivity index (χ3n) is 5.19. The second kappa shape index (κ2) is 8.06. The Labute approximate surface area is 179 Å². The number of amides is 2. The van der Waals surface area contributed by atoms with Gasteiger partial charge in [-0.25, -0.2) is 9.97 Å². The molecule has 0 radical (unpaired) electrons. The van der Waals surface area contributed by atoms with Crippen molar-refractivity contribution in [3.63, 3.8) is 0 Å². The van der Waals surface area contributed by atoms with Gasteiger partial charge in [0, 0.05) is 43.0 Å². The maximum atomic E-state index is 12.7. The average Bonchev–Trinajstić information content (AvgIpc) is 3.41. The van der Waals surface area contributed by atoms with Crippen molar-refractivity contribution in [3.8, 4) is 5.69 Å². The SMILES string of the molecule is CC(=O)NCC(C)(C)c1ccc(C(=O)Nc2cn3cc(-n4ccnc4)ccc3n2)cc1. The summed E-state index contributed by atoms with van der Waals surface area (Å²) in [6, 6.07) is 11.2. The van der Waals surface area contributed by atoms with Crippen LogP contribution in [0.2, 0.25) is 0 Å².